The van der Waals surface area contributed by atoms with E-state index < -0.39 is 0 Å². The van der Waals surface area contributed by atoms with Crippen molar-refractivity contribution in [1.82, 2.24) is 5.32 Å². The summed E-state index contributed by atoms with van der Waals surface area (Å²) in [5.74, 6) is -0.00475. The number of anilines is 1. The molecule has 0 spiro atoms. The van der Waals surface area contributed by atoms with Gasteiger partial charge in [0.15, 0.2) is 0 Å². The van der Waals surface area contributed by atoms with Gasteiger partial charge in [-0.25, -0.2) is 0 Å². The van der Waals surface area contributed by atoms with Crippen molar-refractivity contribution in [1.29, 1.82) is 0 Å². The molecular formula is C12H13Cl3N2O. The maximum absolute atomic E-state index is 12.3. The first-order valence-electron chi connectivity index (χ1n) is 5.67. The average Bonchev–Trinajstić information content (AvgIpc) is 2.30. The van der Waals surface area contributed by atoms with E-state index in [1.165, 1.54) is 0 Å². The Kier molecular flexibility index (Phi) is 4.38. The lowest BCUT2D eigenvalue weighted by atomic mass is 10.0. The van der Waals surface area contributed by atoms with Gasteiger partial charge in [0, 0.05) is 11.6 Å². The number of hydrogen-bond acceptors (Lipinski definition) is 2. The molecule has 0 saturated carbocycles. The molecule has 1 aliphatic heterocycles. The number of nitrogens with one attached hydrogen (secondary N) is 1. The normalized spacial score (nSPS) is 20.3. The third-order valence-corrected chi connectivity index (χ3v) is 3.83. The number of amides is 1. The van der Waals surface area contributed by atoms with E-state index in [0.717, 1.165) is 12.8 Å². The number of likely N-dealkylation sites (N-methyl/N-ethyl adjacent to an activating group) is 1. The van der Waals surface area contributed by atoms with Crippen LogP contribution in [0.25, 0.3) is 0 Å². The summed E-state index contributed by atoms with van der Waals surface area (Å²) in [6.45, 7) is 0.623. The van der Waals surface area contributed by atoms with Crippen LogP contribution < -0.4 is 10.2 Å². The van der Waals surface area contributed by atoms with Crippen molar-refractivity contribution in [2.45, 2.75) is 18.9 Å². The molecule has 1 N–H and O–H groups in total. The zero-order chi connectivity index (χ0) is 13.3. The number of rotatable bonds is 2. The number of hydrogen-bond donors (Lipinski definition) is 1. The molecular weight excluding hydrogens is 295 g/mol. The number of carbonyl (C=O) groups excluding carboxylic acids is 1. The molecule has 1 aromatic rings. The molecule has 1 amide bonds. The first-order valence-corrected chi connectivity index (χ1v) is 6.81. The minimum absolute atomic E-state index is 0.00475. The number of benzene rings is 1. The Morgan fingerprint density at radius 1 is 1.28 bits per heavy atom. The van der Waals surface area contributed by atoms with Crippen LogP contribution in [-0.2, 0) is 4.79 Å². The number of halogens is 3. The Hall–Kier alpha value is -0.480. The fourth-order valence-corrected chi connectivity index (χ4v) is 3.18. The third-order valence-electron chi connectivity index (χ3n) is 3.04. The second kappa shape index (κ2) is 5.66. The van der Waals surface area contributed by atoms with Gasteiger partial charge in [-0.1, -0.05) is 34.8 Å². The highest BCUT2D eigenvalue weighted by atomic mass is 35.5. The van der Waals surface area contributed by atoms with E-state index in [1.54, 1.807) is 24.1 Å². The van der Waals surface area contributed by atoms with Crippen LogP contribution in [0.15, 0.2) is 12.1 Å². The van der Waals surface area contributed by atoms with Gasteiger partial charge in [0.25, 0.3) is 0 Å². The largest absolute Gasteiger partial charge is 0.309 e. The smallest absolute Gasteiger partial charge is 0.244 e. The van der Waals surface area contributed by atoms with Gasteiger partial charge in [0.05, 0.1) is 21.8 Å². The van der Waals surface area contributed by atoms with Crippen molar-refractivity contribution in [3.63, 3.8) is 0 Å². The molecule has 2 rings (SSSR count). The van der Waals surface area contributed by atoms with E-state index in [4.69, 9.17) is 34.8 Å². The van der Waals surface area contributed by atoms with Crippen LogP contribution in [-0.4, -0.2) is 25.5 Å². The van der Waals surface area contributed by atoms with Crippen LogP contribution in [0.4, 0.5) is 5.69 Å². The summed E-state index contributed by atoms with van der Waals surface area (Å²) in [5, 5.41) is 4.26. The molecule has 0 aliphatic carbocycles. The predicted octanol–water partition coefficient (Wildman–Crippen LogP) is 3.36. The molecule has 18 heavy (non-hydrogen) atoms. The number of nitrogens with zero attached hydrogens (tertiary/aromatic N) is 1. The SMILES string of the molecule is CNC1CCCN(c2c(Cl)cc(Cl)cc2Cl)C1=O. The molecule has 0 aromatic heterocycles. The highest BCUT2D eigenvalue weighted by Gasteiger charge is 2.30. The van der Waals surface area contributed by atoms with Crippen LogP contribution >= 0.6 is 34.8 Å². The summed E-state index contributed by atoms with van der Waals surface area (Å²) >= 11 is 18.2. The second-order valence-corrected chi connectivity index (χ2v) is 5.44. The molecule has 1 fully saturated rings. The molecule has 98 valence electrons. The third kappa shape index (κ3) is 2.59. The molecule has 1 heterocycles. The van der Waals surface area contributed by atoms with Gasteiger partial charge in [-0.15, -0.1) is 0 Å². The molecule has 1 saturated heterocycles. The monoisotopic (exact) mass is 306 g/mol. The topological polar surface area (TPSA) is 32.3 Å². The first-order chi connectivity index (χ1) is 8.54. The van der Waals surface area contributed by atoms with Crippen LogP contribution in [0.1, 0.15) is 12.8 Å². The molecule has 1 aromatic carbocycles. The zero-order valence-corrected chi connectivity index (χ0v) is 12.1. The average molecular weight is 308 g/mol. The van der Waals surface area contributed by atoms with Crippen molar-refractivity contribution in [3.8, 4) is 0 Å². The second-order valence-electron chi connectivity index (χ2n) is 4.19. The summed E-state index contributed by atoms with van der Waals surface area (Å²) in [5.41, 5.74) is 0.549. The van der Waals surface area contributed by atoms with Gasteiger partial charge in [-0.3, -0.25) is 4.79 Å². The fraction of sp³-hybridized carbons (Fsp3) is 0.417. The van der Waals surface area contributed by atoms with Crippen LogP contribution in [0.5, 0.6) is 0 Å². The fourth-order valence-electron chi connectivity index (χ4n) is 2.16. The predicted molar refractivity (Wildman–Crippen MR) is 75.9 cm³/mol. The van der Waals surface area contributed by atoms with E-state index in [0.29, 0.717) is 27.3 Å². The summed E-state index contributed by atoms with van der Waals surface area (Å²) < 4.78 is 0. The molecule has 1 unspecified atom stereocenters. The number of carbonyl (C=O) groups is 1. The molecule has 6 heteroatoms. The summed E-state index contributed by atoms with van der Waals surface area (Å²) in [6, 6.07) is 3.02. The van der Waals surface area contributed by atoms with E-state index >= 15 is 0 Å². The van der Waals surface area contributed by atoms with Crippen molar-refractivity contribution in [2.24, 2.45) is 0 Å². The maximum atomic E-state index is 12.3. The van der Waals surface area contributed by atoms with E-state index in [-0.39, 0.29) is 11.9 Å². The van der Waals surface area contributed by atoms with E-state index in [1.807, 2.05) is 0 Å². The van der Waals surface area contributed by atoms with Crippen LogP contribution in [0.2, 0.25) is 15.1 Å². The van der Waals surface area contributed by atoms with Crippen molar-refractivity contribution in [3.05, 3.63) is 27.2 Å². The van der Waals surface area contributed by atoms with Gasteiger partial charge in [0.2, 0.25) is 5.91 Å². The number of piperidine rings is 1. The van der Waals surface area contributed by atoms with Crippen molar-refractivity contribution in [2.75, 3.05) is 18.5 Å². The Bertz CT molecular complexity index is 455. The van der Waals surface area contributed by atoms with E-state index in [2.05, 4.69) is 5.32 Å². The highest BCUT2D eigenvalue weighted by molar-refractivity contribution is 6.42. The van der Waals surface area contributed by atoms with Gasteiger partial charge < -0.3 is 10.2 Å². The molecule has 0 radical (unpaired) electrons. The summed E-state index contributed by atoms with van der Waals surface area (Å²) in [4.78, 5) is 13.9. The summed E-state index contributed by atoms with van der Waals surface area (Å²) in [7, 11) is 1.77. The van der Waals surface area contributed by atoms with Gasteiger partial charge >= 0.3 is 0 Å². The van der Waals surface area contributed by atoms with Gasteiger partial charge in [0.1, 0.15) is 0 Å². The van der Waals surface area contributed by atoms with Crippen molar-refractivity contribution < 1.29 is 4.79 Å². The minimum Gasteiger partial charge on any atom is -0.309 e. The molecule has 1 aliphatic rings. The molecule has 0 bridgehead atoms. The molecule has 3 nitrogen and oxygen atoms in total. The maximum Gasteiger partial charge on any atom is 0.244 e. The van der Waals surface area contributed by atoms with Gasteiger partial charge in [-0.2, -0.15) is 0 Å². The quantitative estimate of drug-likeness (QED) is 0.908. The lowest BCUT2D eigenvalue weighted by molar-refractivity contribution is -0.121. The Morgan fingerprint density at radius 2 is 1.89 bits per heavy atom. The van der Waals surface area contributed by atoms with Gasteiger partial charge in [-0.05, 0) is 32.0 Å². The first kappa shape index (κ1) is 13.9. The minimum atomic E-state index is -0.179. The van der Waals surface area contributed by atoms with Crippen LogP contribution in [0.3, 0.4) is 0 Å². The van der Waals surface area contributed by atoms with Crippen molar-refractivity contribution >= 4 is 46.4 Å². The van der Waals surface area contributed by atoms with E-state index in [9.17, 15) is 4.79 Å². The standard InChI is InChI=1S/C12H13Cl3N2O/c1-16-10-3-2-4-17(12(10)18)11-8(14)5-7(13)6-9(11)15/h5-6,10,16H,2-4H2,1H3. The Labute approximate surface area is 121 Å². The lowest BCUT2D eigenvalue weighted by Crippen LogP contribution is -2.50. The Morgan fingerprint density at radius 3 is 2.44 bits per heavy atom. The highest BCUT2D eigenvalue weighted by Crippen LogP contribution is 2.38. The zero-order valence-electron chi connectivity index (χ0n) is 9.84. The van der Waals surface area contributed by atoms with Crippen LogP contribution in [0, 0.1) is 0 Å². The summed E-state index contributed by atoms with van der Waals surface area (Å²) in [6.07, 6.45) is 1.74. The lowest BCUT2D eigenvalue weighted by Gasteiger charge is -2.33. The Balaban J connectivity index is 2.39. The molecule has 1 atom stereocenters.